The van der Waals surface area contributed by atoms with E-state index >= 15 is 0 Å². The quantitative estimate of drug-likeness (QED) is 0.391. The van der Waals surface area contributed by atoms with Gasteiger partial charge in [-0.15, -0.1) is 0 Å². The summed E-state index contributed by atoms with van der Waals surface area (Å²) in [7, 11) is -3.51. The van der Waals surface area contributed by atoms with Crippen LogP contribution in [0.25, 0.3) is 0 Å². The average Bonchev–Trinajstić information content (AvgIpc) is 2.78. The van der Waals surface area contributed by atoms with Crippen LogP contribution in [0, 0.1) is 0 Å². The van der Waals surface area contributed by atoms with Crippen LogP contribution in [-0.4, -0.2) is 15.0 Å². The number of hydrogen-bond acceptors (Lipinski definition) is 2. The summed E-state index contributed by atoms with van der Waals surface area (Å²) in [5.41, 5.74) is 3.58. The van der Waals surface area contributed by atoms with Crippen molar-refractivity contribution in [2.45, 2.75) is 49.8 Å². The first kappa shape index (κ1) is 22.3. The molecule has 0 aliphatic heterocycles. The third-order valence-corrected chi connectivity index (χ3v) is 6.91. The van der Waals surface area contributed by atoms with E-state index in [9.17, 15) is 8.42 Å². The van der Waals surface area contributed by atoms with Crippen LogP contribution in [0.5, 0.6) is 0 Å². The Hall–Kier alpha value is -2.43. The summed E-state index contributed by atoms with van der Waals surface area (Å²) in [5.74, 6) is 0.149. The molecule has 0 spiro atoms. The lowest BCUT2D eigenvalue weighted by molar-refractivity contribution is 0.575. The zero-order valence-corrected chi connectivity index (χ0v) is 18.4. The minimum Gasteiger partial charge on any atom is -0.211 e. The van der Waals surface area contributed by atoms with E-state index in [0.717, 1.165) is 12.8 Å². The maximum absolute atomic E-state index is 12.7. The predicted molar refractivity (Wildman–Crippen MR) is 124 cm³/mol. The van der Waals surface area contributed by atoms with Crippen LogP contribution in [0.2, 0.25) is 0 Å². The molecular formula is C26H31NO2S. The molecule has 0 amide bonds. The van der Waals surface area contributed by atoms with Crippen molar-refractivity contribution >= 4 is 10.0 Å². The lowest BCUT2D eigenvalue weighted by Gasteiger charge is -2.18. The molecule has 0 saturated carbocycles. The number of sulfonamides is 1. The monoisotopic (exact) mass is 421 g/mol. The van der Waals surface area contributed by atoms with Crippen LogP contribution in [-0.2, 0) is 16.4 Å². The molecule has 3 aromatic carbocycles. The molecule has 0 aromatic heterocycles. The van der Waals surface area contributed by atoms with E-state index in [0.29, 0.717) is 17.9 Å². The molecule has 158 valence electrons. The highest BCUT2D eigenvalue weighted by Gasteiger charge is 2.17. The molecule has 30 heavy (non-hydrogen) atoms. The molecule has 0 fully saturated rings. The van der Waals surface area contributed by atoms with Gasteiger partial charge in [-0.3, -0.25) is 0 Å². The Morgan fingerprint density at radius 1 is 0.767 bits per heavy atom. The van der Waals surface area contributed by atoms with Crippen LogP contribution in [0.3, 0.4) is 0 Å². The highest BCUT2D eigenvalue weighted by molar-refractivity contribution is 7.89. The van der Waals surface area contributed by atoms with Gasteiger partial charge in [-0.05, 0) is 48.1 Å². The molecular weight excluding hydrogens is 390 g/mol. The lowest BCUT2D eigenvalue weighted by atomic mass is 9.89. The van der Waals surface area contributed by atoms with Gasteiger partial charge in [-0.2, -0.15) is 0 Å². The summed E-state index contributed by atoms with van der Waals surface area (Å²) in [6.45, 7) is 2.57. The van der Waals surface area contributed by atoms with Gasteiger partial charge in [0, 0.05) is 12.5 Å². The summed E-state index contributed by atoms with van der Waals surface area (Å²) in [6, 6.07) is 27.8. The second-order valence-corrected chi connectivity index (χ2v) is 9.43. The topological polar surface area (TPSA) is 46.2 Å². The Morgan fingerprint density at radius 2 is 1.33 bits per heavy atom. The highest BCUT2D eigenvalue weighted by Crippen LogP contribution is 2.27. The van der Waals surface area contributed by atoms with Gasteiger partial charge in [0.1, 0.15) is 0 Å². The zero-order valence-electron chi connectivity index (χ0n) is 17.6. The number of nitrogens with one attached hydrogen (secondary N) is 1. The third kappa shape index (κ3) is 6.28. The van der Waals surface area contributed by atoms with Gasteiger partial charge in [0.05, 0.1) is 4.90 Å². The van der Waals surface area contributed by atoms with Crippen molar-refractivity contribution < 1.29 is 8.42 Å². The molecule has 3 nitrogen and oxygen atoms in total. The van der Waals surface area contributed by atoms with E-state index in [2.05, 4.69) is 35.9 Å². The van der Waals surface area contributed by atoms with E-state index in [4.69, 9.17) is 0 Å². The van der Waals surface area contributed by atoms with Crippen molar-refractivity contribution in [3.05, 3.63) is 102 Å². The molecule has 0 saturated heterocycles. The van der Waals surface area contributed by atoms with Crippen molar-refractivity contribution in [2.24, 2.45) is 0 Å². The molecule has 0 atom stereocenters. The van der Waals surface area contributed by atoms with Crippen molar-refractivity contribution in [1.82, 2.24) is 4.72 Å². The normalized spacial score (nSPS) is 11.7. The predicted octanol–water partition coefficient (Wildman–Crippen LogP) is 5.92. The molecule has 0 aliphatic carbocycles. The number of hydrogen-bond donors (Lipinski definition) is 1. The number of rotatable bonds is 11. The number of benzene rings is 3. The fraction of sp³-hybridized carbons (Fsp3) is 0.308. The number of aryl methyl sites for hydroxylation is 1. The van der Waals surface area contributed by atoms with Gasteiger partial charge in [0.15, 0.2) is 0 Å². The number of unbranched alkanes of at least 4 members (excludes halogenated alkanes) is 2. The van der Waals surface area contributed by atoms with Crippen LogP contribution in [0.15, 0.2) is 89.8 Å². The highest BCUT2D eigenvalue weighted by atomic mass is 32.2. The SMILES string of the molecule is CCCCCc1ccc(S(=O)(=O)NCCC(c2ccccc2)c2ccccc2)cc1. The summed E-state index contributed by atoms with van der Waals surface area (Å²) < 4.78 is 28.3. The lowest BCUT2D eigenvalue weighted by Crippen LogP contribution is -2.26. The van der Waals surface area contributed by atoms with Crippen molar-refractivity contribution in [3.63, 3.8) is 0 Å². The zero-order chi connectivity index (χ0) is 21.2. The van der Waals surface area contributed by atoms with E-state index in [-0.39, 0.29) is 5.92 Å². The smallest absolute Gasteiger partial charge is 0.211 e. The summed E-state index contributed by atoms with van der Waals surface area (Å²) in [6.07, 6.45) is 5.22. The molecule has 1 N–H and O–H groups in total. The first-order valence-corrected chi connectivity index (χ1v) is 12.3. The Balaban J connectivity index is 1.64. The molecule has 3 aromatic rings. The fourth-order valence-electron chi connectivity index (χ4n) is 3.73. The van der Waals surface area contributed by atoms with Crippen molar-refractivity contribution in [3.8, 4) is 0 Å². The largest absolute Gasteiger partial charge is 0.240 e. The molecule has 0 radical (unpaired) electrons. The van der Waals surface area contributed by atoms with Crippen LogP contribution >= 0.6 is 0 Å². The fourth-order valence-corrected chi connectivity index (χ4v) is 4.78. The minimum atomic E-state index is -3.51. The van der Waals surface area contributed by atoms with E-state index in [1.54, 1.807) is 12.1 Å². The Morgan fingerprint density at radius 3 is 1.87 bits per heavy atom. The summed E-state index contributed by atoms with van der Waals surface area (Å²) >= 11 is 0. The Bertz CT molecular complexity index is 945. The van der Waals surface area contributed by atoms with Crippen LogP contribution in [0.4, 0.5) is 0 Å². The van der Waals surface area contributed by atoms with Gasteiger partial charge in [0.25, 0.3) is 0 Å². The third-order valence-electron chi connectivity index (χ3n) is 5.43. The van der Waals surface area contributed by atoms with E-state index < -0.39 is 10.0 Å². The minimum absolute atomic E-state index is 0.149. The van der Waals surface area contributed by atoms with Crippen molar-refractivity contribution in [2.75, 3.05) is 6.54 Å². The molecule has 3 rings (SSSR count). The molecule has 4 heteroatoms. The standard InChI is InChI=1S/C26H31NO2S/c1-2-3-6-11-22-16-18-25(19-17-22)30(28,29)27-21-20-26(23-12-7-4-8-13-23)24-14-9-5-10-15-24/h4-5,7-10,12-19,26-27H,2-3,6,11,20-21H2,1H3. The average molecular weight is 422 g/mol. The molecule has 0 bridgehead atoms. The molecule has 0 aliphatic rings. The summed E-state index contributed by atoms with van der Waals surface area (Å²) in [5, 5.41) is 0. The van der Waals surface area contributed by atoms with Crippen LogP contribution in [0.1, 0.15) is 55.2 Å². The van der Waals surface area contributed by atoms with Crippen LogP contribution < -0.4 is 4.72 Å². The first-order valence-electron chi connectivity index (χ1n) is 10.8. The van der Waals surface area contributed by atoms with Gasteiger partial charge in [0.2, 0.25) is 10.0 Å². The first-order chi connectivity index (χ1) is 14.6. The maximum atomic E-state index is 12.7. The van der Waals surface area contributed by atoms with Gasteiger partial charge < -0.3 is 0 Å². The van der Waals surface area contributed by atoms with Crippen molar-refractivity contribution in [1.29, 1.82) is 0 Å². The molecule has 0 heterocycles. The maximum Gasteiger partial charge on any atom is 0.240 e. The van der Waals surface area contributed by atoms with E-state index in [1.165, 1.54) is 29.5 Å². The Labute approximate surface area is 181 Å². The second-order valence-electron chi connectivity index (χ2n) is 7.66. The van der Waals surface area contributed by atoms with Gasteiger partial charge in [-0.1, -0.05) is 92.6 Å². The van der Waals surface area contributed by atoms with Gasteiger partial charge >= 0.3 is 0 Å². The summed E-state index contributed by atoms with van der Waals surface area (Å²) in [4.78, 5) is 0.331. The van der Waals surface area contributed by atoms with E-state index in [1.807, 2.05) is 48.5 Å². The Kier molecular flexibility index (Phi) is 8.23. The molecule has 0 unspecified atom stereocenters. The second kappa shape index (κ2) is 11.1. The van der Waals surface area contributed by atoms with Gasteiger partial charge in [-0.25, -0.2) is 13.1 Å².